The second-order valence-electron chi connectivity index (χ2n) is 2.49. The molecule has 0 radical (unpaired) electrons. The lowest BCUT2D eigenvalue weighted by Gasteiger charge is -1.99. The minimum absolute atomic E-state index is 0.00656. The van der Waals surface area contributed by atoms with E-state index in [2.05, 4.69) is 11.7 Å². The summed E-state index contributed by atoms with van der Waals surface area (Å²) < 4.78 is 4.56. The normalized spacial score (nSPS) is 9.64. The Morgan fingerprint density at radius 3 is 2.64 bits per heavy atom. The minimum Gasteiger partial charge on any atom is -0.450 e. The fourth-order valence-corrected chi connectivity index (χ4v) is 0.861. The van der Waals surface area contributed by atoms with Crippen LogP contribution in [0.1, 0.15) is 39.0 Å². The molecular weight excluding hydrogens is 142 g/mol. The average Bonchev–Trinajstić information content (AvgIpc) is 1.99. The SMILES string of the molecule is CCCCCCC(=O)OCN. The molecular formula is C8H17NO2. The second kappa shape index (κ2) is 7.54. The van der Waals surface area contributed by atoms with Crippen molar-refractivity contribution in [3.63, 3.8) is 0 Å². The van der Waals surface area contributed by atoms with Crippen molar-refractivity contribution in [2.45, 2.75) is 39.0 Å². The number of ether oxygens (including phenoxy) is 1. The van der Waals surface area contributed by atoms with Crippen LogP contribution in [0.2, 0.25) is 0 Å². The summed E-state index contributed by atoms with van der Waals surface area (Å²) in [5.41, 5.74) is 5.02. The molecule has 0 fully saturated rings. The van der Waals surface area contributed by atoms with E-state index in [0.29, 0.717) is 6.42 Å². The van der Waals surface area contributed by atoms with E-state index in [1.165, 1.54) is 12.8 Å². The maximum absolute atomic E-state index is 10.7. The van der Waals surface area contributed by atoms with Gasteiger partial charge in [-0.2, -0.15) is 0 Å². The molecule has 0 aliphatic heterocycles. The second-order valence-corrected chi connectivity index (χ2v) is 2.49. The van der Waals surface area contributed by atoms with Crippen molar-refractivity contribution < 1.29 is 9.53 Å². The van der Waals surface area contributed by atoms with E-state index < -0.39 is 0 Å². The van der Waals surface area contributed by atoms with Gasteiger partial charge < -0.3 is 4.74 Å². The van der Waals surface area contributed by atoms with Crippen LogP contribution in [0.25, 0.3) is 0 Å². The Hall–Kier alpha value is -0.570. The highest BCUT2D eigenvalue weighted by Crippen LogP contribution is 2.02. The molecule has 66 valence electrons. The first-order chi connectivity index (χ1) is 5.31. The third kappa shape index (κ3) is 7.33. The molecule has 0 aromatic carbocycles. The van der Waals surface area contributed by atoms with Crippen molar-refractivity contribution in [3.05, 3.63) is 0 Å². The average molecular weight is 159 g/mol. The Bertz CT molecular complexity index is 104. The fourth-order valence-electron chi connectivity index (χ4n) is 0.861. The van der Waals surface area contributed by atoms with Crippen LogP contribution in [0, 0.1) is 0 Å². The fraction of sp³-hybridized carbons (Fsp3) is 0.875. The van der Waals surface area contributed by atoms with Gasteiger partial charge in [-0.25, -0.2) is 0 Å². The van der Waals surface area contributed by atoms with Crippen LogP contribution >= 0.6 is 0 Å². The highest BCUT2D eigenvalue weighted by atomic mass is 16.5. The quantitative estimate of drug-likeness (QED) is 0.362. The Kier molecular flexibility index (Phi) is 7.15. The summed E-state index contributed by atoms with van der Waals surface area (Å²) >= 11 is 0. The van der Waals surface area contributed by atoms with Crippen LogP contribution in [0.15, 0.2) is 0 Å². The van der Waals surface area contributed by atoms with Crippen molar-refractivity contribution in [3.8, 4) is 0 Å². The molecule has 0 spiro atoms. The van der Waals surface area contributed by atoms with Gasteiger partial charge in [0.15, 0.2) is 0 Å². The zero-order valence-corrected chi connectivity index (χ0v) is 7.14. The number of hydrogen-bond acceptors (Lipinski definition) is 3. The van der Waals surface area contributed by atoms with E-state index in [9.17, 15) is 4.79 Å². The molecule has 0 aliphatic carbocycles. The first-order valence-corrected chi connectivity index (χ1v) is 4.17. The van der Waals surface area contributed by atoms with Gasteiger partial charge in [-0.15, -0.1) is 0 Å². The van der Waals surface area contributed by atoms with Crippen molar-refractivity contribution in [2.75, 3.05) is 6.73 Å². The molecule has 3 heteroatoms. The first-order valence-electron chi connectivity index (χ1n) is 4.17. The summed E-state index contributed by atoms with van der Waals surface area (Å²) in [5, 5.41) is 0. The zero-order valence-electron chi connectivity index (χ0n) is 7.14. The maximum atomic E-state index is 10.7. The lowest BCUT2D eigenvalue weighted by molar-refractivity contribution is -0.143. The molecule has 3 nitrogen and oxygen atoms in total. The first kappa shape index (κ1) is 10.4. The molecule has 0 atom stereocenters. The van der Waals surface area contributed by atoms with Crippen LogP contribution in [0.5, 0.6) is 0 Å². The van der Waals surface area contributed by atoms with Gasteiger partial charge in [0.1, 0.15) is 6.73 Å². The third-order valence-corrected chi connectivity index (χ3v) is 1.48. The van der Waals surface area contributed by atoms with E-state index in [4.69, 9.17) is 5.73 Å². The monoisotopic (exact) mass is 159 g/mol. The van der Waals surface area contributed by atoms with Crippen LogP contribution in [0.4, 0.5) is 0 Å². The van der Waals surface area contributed by atoms with Gasteiger partial charge >= 0.3 is 5.97 Å². The van der Waals surface area contributed by atoms with Gasteiger partial charge in [-0.3, -0.25) is 10.5 Å². The van der Waals surface area contributed by atoms with Crippen LogP contribution < -0.4 is 5.73 Å². The predicted molar refractivity (Wildman–Crippen MR) is 43.9 cm³/mol. The third-order valence-electron chi connectivity index (χ3n) is 1.48. The summed E-state index contributed by atoms with van der Waals surface area (Å²) in [4.78, 5) is 10.7. The Balaban J connectivity index is 3.04. The molecule has 0 amide bonds. The van der Waals surface area contributed by atoms with Crippen molar-refractivity contribution >= 4 is 5.97 Å². The van der Waals surface area contributed by atoms with Gasteiger partial charge in [0.25, 0.3) is 0 Å². The summed E-state index contributed by atoms with van der Waals surface area (Å²) in [6.07, 6.45) is 4.92. The van der Waals surface area contributed by atoms with Crippen molar-refractivity contribution in [1.82, 2.24) is 0 Å². The Morgan fingerprint density at radius 1 is 1.36 bits per heavy atom. The highest BCUT2D eigenvalue weighted by Gasteiger charge is 1.99. The number of unbranched alkanes of at least 4 members (excludes halogenated alkanes) is 3. The molecule has 0 aromatic rings. The number of rotatable bonds is 6. The van der Waals surface area contributed by atoms with Crippen LogP contribution in [0.3, 0.4) is 0 Å². The van der Waals surface area contributed by atoms with Crippen LogP contribution in [-0.4, -0.2) is 12.7 Å². The minimum atomic E-state index is -0.177. The molecule has 0 unspecified atom stereocenters. The van der Waals surface area contributed by atoms with E-state index in [-0.39, 0.29) is 12.7 Å². The van der Waals surface area contributed by atoms with Crippen molar-refractivity contribution in [2.24, 2.45) is 5.73 Å². The number of hydrogen-bond donors (Lipinski definition) is 1. The summed E-state index contributed by atoms with van der Waals surface area (Å²) in [7, 11) is 0. The summed E-state index contributed by atoms with van der Waals surface area (Å²) in [6.45, 7) is 2.14. The molecule has 0 rings (SSSR count). The highest BCUT2D eigenvalue weighted by molar-refractivity contribution is 5.69. The summed E-state index contributed by atoms with van der Waals surface area (Å²) in [5.74, 6) is -0.177. The van der Waals surface area contributed by atoms with Gasteiger partial charge in [-0.05, 0) is 6.42 Å². The number of nitrogens with two attached hydrogens (primary N) is 1. The van der Waals surface area contributed by atoms with E-state index >= 15 is 0 Å². The number of carbonyl (C=O) groups is 1. The maximum Gasteiger partial charge on any atom is 0.307 e. The van der Waals surface area contributed by atoms with Gasteiger partial charge in [0.05, 0.1) is 0 Å². The molecule has 0 bridgehead atoms. The molecule has 0 heterocycles. The molecule has 0 saturated carbocycles. The smallest absolute Gasteiger partial charge is 0.307 e. The number of esters is 1. The van der Waals surface area contributed by atoms with Gasteiger partial charge in [0.2, 0.25) is 0 Å². The van der Waals surface area contributed by atoms with E-state index in [0.717, 1.165) is 12.8 Å². The van der Waals surface area contributed by atoms with E-state index in [1.807, 2.05) is 0 Å². The van der Waals surface area contributed by atoms with Gasteiger partial charge in [0, 0.05) is 6.42 Å². The number of carbonyl (C=O) groups excluding carboxylic acids is 1. The van der Waals surface area contributed by atoms with Crippen LogP contribution in [-0.2, 0) is 9.53 Å². The largest absolute Gasteiger partial charge is 0.450 e. The lowest BCUT2D eigenvalue weighted by Crippen LogP contribution is -2.11. The Morgan fingerprint density at radius 2 is 2.09 bits per heavy atom. The molecule has 0 saturated heterocycles. The Labute approximate surface area is 67.9 Å². The summed E-state index contributed by atoms with van der Waals surface area (Å²) in [6, 6.07) is 0. The van der Waals surface area contributed by atoms with Crippen molar-refractivity contribution in [1.29, 1.82) is 0 Å². The lowest BCUT2D eigenvalue weighted by atomic mass is 10.2. The molecule has 0 aliphatic rings. The zero-order chi connectivity index (χ0) is 8.53. The van der Waals surface area contributed by atoms with E-state index in [1.54, 1.807) is 0 Å². The molecule has 11 heavy (non-hydrogen) atoms. The standard InChI is InChI=1S/C8H17NO2/c1-2-3-4-5-6-8(10)11-7-9/h2-7,9H2,1H3. The topological polar surface area (TPSA) is 52.3 Å². The molecule has 2 N–H and O–H groups in total. The predicted octanol–water partition coefficient (Wildman–Crippen LogP) is 1.42. The van der Waals surface area contributed by atoms with Gasteiger partial charge in [-0.1, -0.05) is 26.2 Å². The molecule has 0 aromatic heterocycles.